The summed E-state index contributed by atoms with van der Waals surface area (Å²) in [4.78, 5) is 24.0. The van der Waals surface area contributed by atoms with Crippen LogP contribution in [0.2, 0.25) is 5.02 Å². The van der Waals surface area contributed by atoms with E-state index in [9.17, 15) is 9.59 Å². The van der Waals surface area contributed by atoms with Gasteiger partial charge < -0.3 is 19.4 Å². The smallest absolute Gasteiger partial charge is 0.340 e. The zero-order chi connectivity index (χ0) is 21.7. The predicted molar refractivity (Wildman–Crippen MR) is 117 cm³/mol. The van der Waals surface area contributed by atoms with Gasteiger partial charge in [-0.25, -0.2) is 4.79 Å². The van der Waals surface area contributed by atoms with Gasteiger partial charge in [-0.2, -0.15) is 0 Å². The number of aromatic nitrogens is 3. The number of rotatable bonds is 8. The maximum Gasteiger partial charge on any atom is 0.340 e. The Morgan fingerprint density at radius 2 is 2.13 bits per heavy atom. The van der Waals surface area contributed by atoms with Gasteiger partial charge in [0.1, 0.15) is 10.8 Å². The highest BCUT2D eigenvalue weighted by Gasteiger charge is 2.19. The summed E-state index contributed by atoms with van der Waals surface area (Å²) in [7, 11) is 3.10. The number of carbonyl (C=O) groups excluding carboxylic acids is 2. The fraction of sp³-hybridized carbons (Fsp3) is 0.263. The topological polar surface area (TPSA) is 95.3 Å². The van der Waals surface area contributed by atoms with Gasteiger partial charge in [0.15, 0.2) is 17.1 Å². The van der Waals surface area contributed by atoms with Crippen LogP contribution < -0.4 is 10.1 Å². The van der Waals surface area contributed by atoms with Crippen molar-refractivity contribution in [3.63, 3.8) is 0 Å². The monoisotopic (exact) mass is 466 g/mol. The molecule has 3 aromatic rings. The molecule has 1 unspecified atom stereocenters. The van der Waals surface area contributed by atoms with Crippen LogP contribution in [-0.4, -0.2) is 39.5 Å². The number of anilines is 1. The number of carbonyl (C=O) groups is 2. The highest BCUT2D eigenvalue weighted by molar-refractivity contribution is 7.99. The van der Waals surface area contributed by atoms with E-state index in [1.807, 2.05) is 20.0 Å². The molecule has 1 atom stereocenters. The molecule has 0 spiro atoms. The van der Waals surface area contributed by atoms with Gasteiger partial charge in [-0.15, -0.1) is 21.5 Å². The molecule has 0 radical (unpaired) electrons. The zero-order valence-electron chi connectivity index (χ0n) is 16.4. The van der Waals surface area contributed by atoms with E-state index in [-0.39, 0.29) is 17.8 Å². The van der Waals surface area contributed by atoms with Crippen LogP contribution in [0.4, 0.5) is 5.00 Å². The predicted octanol–water partition coefficient (Wildman–Crippen LogP) is 4.19. The van der Waals surface area contributed by atoms with Crippen LogP contribution in [0.25, 0.3) is 0 Å². The second-order valence-electron chi connectivity index (χ2n) is 6.11. The molecule has 0 saturated carbocycles. The number of thioether (sulfide) groups is 1. The quantitative estimate of drug-likeness (QED) is 0.393. The number of ether oxygens (including phenoxy) is 2. The molecule has 2 heterocycles. The van der Waals surface area contributed by atoms with Crippen LogP contribution in [0.15, 0.2) is 40.9 Å². The highest BCUT2D eigenvalue weighted by atomic mass is 35.5. The van der Waals surface area contributed by atoms with E-state index in [0.717, 1.165) is 0 Å². The summed E-state index contributed by atoms with van der Waals surface area (Å²) in [6, 6.07) is 8.72. The van der Waals surface area contributed by atoms with E-state index in [4.69, 9.17) is 21.1 Å². The summed E-state index contributed by atoms with van der Waals surface area (Å²) >= 11 is 8.48. The molecule has 1 aromatic carbocycles. The molecule has 1 N–H and O–H groups in total. The normalized spacial score (nSPS) is 11.7. The van der Waals surface area contributed by atoms with Gasteiger partial charge in [0.05, 0.1) is 18.4 Å². The highest BCUT2D eigenvalue weighted by Crippen LogP contribution is 2.27. The minimum absolute atomic E-state index is 0.105. The Bertz CT molecular complexity index is 1050. The first-order chi connectivity index (χ1) is 14.4. The molecule has 0 aliphatic heterocycles. The van der Waals surface area contributed by atoms with E-state index in [1.165, 1.54) is 30.2 Å². The molecule has 2 aromatic heterocycles. The lowest BCUT2D eigenvalue weighted by Gasteiger charge is -2.14. The van der Waals surface area contributed by atoms with E-state index in [1.54, 1.807) is 34.2 Å². The molecule has 1 amide bonds. The largest absolute Gasteiger partial charge is 0.483 e. The third-order valence-corrected chi connectivity index (χ3v) is 6.08. The van der Waals surface area contributed by atoms with E-state index < -0.39 is 5.97 Å². The molecule has 3 rings (SSSR count). The van der Waals surface area contributed by atoms with Gasteiger partial charge in [0.25, 0.3) is 0 Å². The van der Waals surface area contributed by atoms with Gasteiger partial charge in [0, 0.05) is 12.1 Å². The van der Waals surface area contributed by atoms with Crippen LogP contribution in [-0.2, 0) is 16.6 Å². The Labute approximate surface area is 186 Å². The standard InChI is InChI=1S/C19H19ClN4O4S2/c1-11(28-13-6-4-5-12(20)9-13)16-22-23-19(24(16)2)30-10-15(25)21-17-14(7-8-29-17)18(26)27-3/h4-9,11H,10H2,1-3H3,(H,21,25). The Morgan fingerprint density at radius 1 is 1.33 bits per heavy atom. The van der Waals surface area contributed by atoms with Crippen molar-refractivity contribution in [2.75, 3.05) is 18.2 Å². The second-order valence-corrected chi connectivity index (χ2v) is 8.40. The molecular weight excluding hydrogens is 448 g/mol. The van der Waals surface area contributed by atoms with Gasteiger partial charge >= 0.3 is 5.97 Å². The average molecular weight is 467 g/mol. The fourth-order valence-corrected chi connectivity index (χ4v) is 4.26. The van der Waals surface area contributed by atoms with Gasteiger partial charge in [-0.3, -0.25) is 4.79 Å². The minimum Gasteiger partial charge on any atom is -0.483 e. The van der Waals surface area contributed by atoms with Crippen LogP contribution in [0.5, 0.6) is 5.75 Å². The molecule has 0 fully saturated rings. The third-order valence-electron chi connectivity index (χ3n) is 4.00. The fourth-order valence-electron chi connectivity index (χ4n) is 2.57. The lowest BCUT2D eigenvalue weighted by atomic mass is 10.3. The molecule has 0 aliphatic rings. The number of hydrogen-bond acceptors (Lipinski definition) is 8. The first-order valence-corrected chi connectivity index (χ1v) is 11.0. The third kappa shape index (κ3) is 5.32. The van der Waals surface area contributed by atoms with Gasteiger partial charge in [-0.05, 0) is 36.6 Å². The van der Waals surface area contributed by atoms with Crippen molar-refractivity contribution in [3.8, 4) is 5.75 Å². The molecule has 0 saturated heterocycles. The molecule has 0 aliphatic carbocycles. The van der Waals surface area contributed by atoms with Crippen LogP contribution in [0.3, 0.4) is 0 Å². The van der Waals surface area contributed by atoms with Crippen LogP contribution in [0.1, 0.15) is 29.2 Å². The van der Waals surface area contributed by atoms with Crippen molar-refractivity contribution < 1.29 is 19.1 Å². The number of halogens is 1. The molecule has 8 nitrogen and oxygen atoms in total. The van der Waals surface area contributed by atoms with Crippen molar-refractivity contribution in [1.82, 2.24) is 14.8 Å². The lowest BCUT2D eigenvalue weighted by Crippen LogP contribution is -2.16. The van der Waals surface area contributed by atoms with Crippen molar-refractivity contribution in [2.24, 2.45) is 7.05 Å². The molecule has 158 valence electrons. The summed E-state index contributed by atoms with van der Waals surface area (Å²) < 4.78 is 12.4. The van der Waals surface area contributed by atoms with Crippen molar-refractivity contribution in [3.05, 3.63) is 52.1 Å². The molecule has 0 bridgehead atoms. The summed E-state index contributed by atoms with van der Waals surface area (Å²) in [5, 5.41) is 14.4. The van der Waals surface area contributed by atoms with E-state index in [2.05, 4.69) is 15.5 Å². The number of hydrogen-bond donors (Lipinski definition) is 1. The van der Waals surface area contributed by atoms with Crippen LogP contribution in [0, 0.1) is 0 Å². The Balaban J connectivity index is 1.59. The summed E-state index contributed by atoms with van der Waals surface area (Å²) in [6.45, 7) is 1.86. The van der Waals surface area contributed by atoms with Crippen molar-refractivity contribution in [2.45, 2.75) is 18.2 Å². The SMILES string of the molecule is COC(=O)c1ccsc1NC(=O)CSc1nnc(C(C)Oc2cccc(Cl)c2)n1C. The number of amides is 1. The number of methoxy groups -OCH3 is 1. The first kappa shape index (κ1) is 22.1. The summed E-state index contributed by atoms with van der Waals surface area (Å²) in [6.07, 6.45) is -0.363. The summed E-state index contributed by atoms with van der Waals surface area (Å²) in [5.74, 6) is 0.591. The number of esters is 1. The van der Waals surface area contributed by atoms with E-state index in [0.29, 0.717) is 32.3 Å². The molecular formula is C19H19ClN4O4S2. The number of nitrogens with zero attached hydrogens (tertiary/aromatic N) is 3. The molecule has 30 heavy (non-hydrogen) atoms. The first-order valence-electron chi connectivity index (χ1n) is 8.79. The number of benzene rings is 1. The lowest BCUT2D eigenvalue weighted by molar-refractivity contribution is -0.113. The van der Waals surface area contributed by atoms with Gasteiger partial charge in [-0.1, -0.05) is 29.4 Å². The van der Waals surface area contributed by atoms with Crippen LogP contribution >= 0.6 is 34.7 Å². The Kier molecular flexibility index (Phi) is 7.35. The maximum atomic E-state index is 12.3. The van der Waals surface area contributed by atoms with Crippen molar-refractivity contribution in [1.29, 1.82) is 0 Å². The van der Waals surface area contributed by atoms with Gasteiger partial charge in [0.2, 0.25) is 5.91 Å². The Morgan fingerprint density at radius 3 is 2.87 bits per heavy atom. The zero-order valence-corrected chi connectivity index (χ0v) is 18.8. The molecule has 11 heteroatoms. The van der Waals surface area contributed by atoms with E-state index >= 15 is 0 Å². The summed E-state index contributed by atoms with van der Waals surface area (Å²) in [5.41, 5.74) is 0.328. The second kappa shape index (κ2) is 9.96. The number of nitrogens with one attached hydrogen (secondary N) is 1. The maximum absolute atomic E-state index is 12.3. The minimum atomic E-state index is -0.495. The Hall–Kier alpha value is -2.56. The van der Waals surface area contributed by atoms with Crippen molar-refractivity contribution >= 4 is 51.6 Å². The number of thiophene rings is 1. The average Bonchev–Trinajstić information content (AvgIpc) is 3.32.